The van der Waals surface area contributed by atoms with Gasteiger partial charge in [0.05, 0.1) is 4.92 Å². The van der Waals surface area contributed by atoms with Gasteiger partial charge in [-0.25, -0.2) is 0 Å². The monoisotopic (exact) mass is 299 g/mol. The Morgan fingerprint density at radius 3 is 2.70 bits per heavy atom. The number of hydrogen-bond acceptors (Lipinski definition) is 4. The maximum absolute atomic E-state index is 10.9. The third-order valence-corrected chi connectivity index (χ3v) is 3.52. The second kappa shape index (κ2) is 8.07. The van der Waals surface area contributed by atoms with Crippen LogP contribution in [0.15, 0.2) is 18.2 Å². The molecule has 0 unspecified atom stereocenters. The first-order valence-corrected chi connectivity index (χ1v) is 7.17. The summed E-state index contributed by atoms with van der Waals surface area (Å²) in [5.74, 6) is 0. The Morgan fingerprint density at radius 2 is 2.10 bits per heavy atom. The SMILES string of the molecule is CC(C)N(C)CCCCNc1cc(Cl)ccc1[N+](=O)[O-]. The van der Waals surface area contributed by atoms with Crippen molar-refractivity contribution in [1.82, 2.24) is 4.90 Å². The molecule has 112 valence electrons. The summed E-state index contributed by atoms with van der Waals surface area (Å²) in [6.07, 6.45) is 2.01. The molecule has 0 spiro atoms. The fraction of sp³-hybridized carbons (Fsp3) is 0.571. The molecule has 1 aromatic rings. The Bertz CT molecular complexity index is 452. The third kappa shape index (κ3) is 5.35. The summed E-state index contributed by atoms with van der Waals surface area (Å²) >= 11 is 5.87. The number of anilines is 1. The highest BCUT2D eigenvalue weighted by Gasteiger charge is 2.13. The van der Waals surface area contributed by atoms with E-state index in [0.717, 1.165) is 19.4 Å². The number of nitrogens with one attached hydrogen (secondary N) is 1. The first kappa shape index (κ1) is 16.7. The maximum Gasteiger partial charge on any atom is 0.292 e. The Hall–Kier alpha value is -1.33. The van der Waals surface area contributed by atoms with Gasteiger partial charge in [-0.15, -0.1) is 0 Å². The number of nitro benzene ring substituents is 1. The quantitative estimate of drug-likeness (QED) is 0.451. The smallest absolute Gasteiger partial charge is 0.292 e. The molecule has 0 fully saturated rings. The Morgan fingerprint density at radius 1 is 1.40 bits per heavy atom. The summed E-state index contributed by atoms with van der Waals surface area (Å²) in [5.41, 5.74) is 0.549. The van der Waals surface area contributed by atoms with E-state index in [4.69, 9.17) is 11.6 Å². The predicted molar refractivity (Wildman–Crippen MR) is 83.6 cm³/mol. The largest absolute Gasteiger partial charge is 0.379 e. The van der Waals surface area contributed by atoms with E-state index in [9.17, 15) is 10.1 Å². The minimum atomic E-state index is -0.398. The van der Waals surface area contributed by atoms with Crippen LogP contribution in [0.3, 0.4) is 0 Å². The van der Waals surface area contributed by atoms with E-state index in [0.29, 0.717) is 23.3 Å². The molecule has 20 heavy (non-hydrogen) atoms. The van der Waals surface area contributed by atoms with Crippen molar-refractivity contribution in [2.75, 3.05) is 25.5 Å². The minimum absolute atomic E-state index is 0.0636. The van der Waals surface area contributed by atoms with Crippen LogP contribution in [0.5, 0.6) is 0 Å². The lowest BCUT2D eigenvalue weighted by molar-refractivity contribution is -0.384. The summed E-state index contributed by atoms with van der Waals surface area (Å²) in [6, 6.07) is 5.09. The van der Waals surface area contributed by atoms with Crippen LogP contribution in [0.2, 0.25) is 5.02 Å². The van der Waals surface area contributed by atoms with Crippen molar-refractivity contribution in [2.24, 2.45) is 0 Å². The van der Waals surface area contributed by atoms with Crippen LogP contribution in [-0.4, -0.2) is 36.0 Å². The molecule has 0 heterocycles. The molecule has 0 aliphatic rings. The Balaban J connectivity index is 2.42. The Kier molecular flexibility index (Phi) is 6.75. The van der Waals surface area contributed by atoms with Gasteiger partial charge in [0.1, 0.15) is 5.69 Å². The number of hydrogen-bond donors (Lipinski definition) is 1. The third-order valence-electron chi connectivity index (χ3n) is 3.29. The number of nitrogens with zero attached hydrogens (tertiary/aromatic N) is 2. The molecule has 0 radical (unpaired) electrons. The average Bonchev–Trinajstić information content (AvgIpc) is 2.37. The lowest BCUT2D eigenvalue weighted by atomic mass is 10.2. The minimum Gasteiger partial charge on any atom is -0.379 e. The van der Waals surface area contributed by atoms with Crippen molar-refractivity contribution in [1.29, 1.82) is 0 Å². The molecule has 1 N–H and O–H groups in total. The van der Waals surface area contributed by atoms with E-state index < -0.39 is 4.92 Å². The first-order valence-electron chi connectivity index (χ1n) is 6.80. The highest BCUT2D eigenvalue weighted by atomic mass is 35.5. The van der Waals surface area contributed by atoms with Crippen molar-refractivity contribution in [3.8, 4) is 0 Å². The van der Waals surface area contributed by atoms with Gasteiger partial charge in [-0.2, -0.15) is 0 Å². The van der Waals surface area contributed by atoms with E-state index in [1.54, 1.807) is 6.07 Å². The molecule has 0 saturated heterocycles. The lowest BCUT2D eigenvalue weighted by Crippen LogP contribution is -2.27. The summed E-state index contributed by atoms with van der Waals surface area (Å²) in [6.45, 7) is 6.05. The van der Waals surface area contributed by atoms with Crippen molar-refractivity contribution >= 4 is 23.0 Å². The van der Waals surface area contributed by atoms with Crippen molar-refractivity contribution < 1.29 is 4.92 Å². The highest BCUT2D eigenvalue weighted by Crippen LogP contribution is 2.27. The van der Waals surface area contributed by atoms with Crippen molar-refractivity contribution in [3.63, 3.8) is 0 Å². The molecule has 0 aliphatic carbocycles. The van der Waals surface area contributed by atoms with Gasteiger partial charge in [0.25, 0.3) is 5.69 Å². The molecule has 0 saturated carbocycles. The number of halogens is 1. The second-order valence-corrected chi connectivity index (χ2v) is 5.56. The van der Waals surface area contributed by atoms with Crippen LogP contribution in [0.1, 0.15) is 26.7 Å². The van der Waals surface area contributed by atoms with Crippen LogP contribution in [-0.2, 0) is 0 Å². The van der Waals surface area contributed by atoms with Gasteiger partial charge >= 0.3 is 0 Å². The molecule has 0 aromatic heterocycles. The Labute approximate surface area is 125 Å². The van der Waals surface area contributed by atoms with Crippen molar-refractivity contribution in [3.05, 3.63) is 33.3 Å². The summed E-state index contributed by atoms with van der Waals surface area (Å²) in [7, 11) is 2.10. The van der Waals surface area contributed by atoms with Crippen LogP contribution in [0.4, 0.5) is 11.4 Å². The zero-order valence-corrected chi connectivity index (χ0v) is 13.0. The molecule has 0 aliphatic heterocycles. The van der Waals surface area contributed by atoms with Crippen LogP contribution >= 0.6 is 11.6 Å². The molecular weight excluding hydrogens is 278 g/mol. The van der Waals surface area contributed by atoms with E-state index >= 15 is 0 Å². The zero-order valence-electron chi connectivity index (χ0n) is 12.2. The van der Waals surface area contributed by atoms with Gasteiger partial charge in [0, 0.05) is 23.7 Å². The molecular formula is C14H22ClN3O2. The van der Waals surface area contributed by atoms with Crippen LogP contribution in [0.25, 0.3) is 0 Å². The van der Waals surface area contributed by atoms with Crippen LogP contribution < -0.4 is 5.32 Å². The molecule has 5 nitrogen and oxygen atoms in total. The maximum atomic E-state index is 10.9. The molecule has 1 aromatic carbocycles. The topological polar surface area (TPSA) is 58.4 Å². The molecule has 0 bridgehead atoms. The fourth-order valence-electron chi connectivity index (χ4n) is 1.78. The first-order chi connectivity index (χ1) is 9.41. The van der Waals surface area contributed by atoms with E-state index in [-0.39, 0.29) is 5.69 Å². The van der Waals surface area contributed by atoms with Gasteiger partial charge in [-0.05, 0) is 52.4 Å². The number of benzene rings is 1. The number of rotatable bonds is 8. The number of unbranched alkanes of at least 4 members (excludes halogenated alkanes) is 1. The second-order valence-electron chi connectivity index (χ2n) is 5.13. The summed E-state index contributed by atoms with van der Waals surface area (Å²) in [4.78, 5) is 12.8. The summed E-state index contributed by atoms with van der Waals surface area (Å²) in [5, 5.41) is 14.5. The molecule has 1 rings (SSSR count). The number of nitro groups is 1. The predicted octanol–water partition coefficient (Wildman–Crippen LogP) is 3.78. The van der Waals surface area contributed by atoms with E-state index in [2.05, 4.69) is 31.1 Å². The van der Waals surface area contributed by atoms with Gasteiger partial charge in [0.2, 0.25) is 0 Å². The normalized spacial score (nSPS) is 11.1. The zero-order chi connectivity index (χ0) is 15.1. The standard InChI is InChI=1S/C14H22ClN3O2/c1-11(2)17(3)9-5-4-8-16-13-10-12(15)6-7-14(13)18(19)20/h6-7,10-11,16H,4-5,8-9H2,1-3H3. The van der Waals surface area contributed by atoms with Gasteiger partial charge in [0.15, 0.2) is 0 Å². The van der Waals surface area contributed by atoms with E-state index in [1.807, 2.05) is 0 Å². The molecule has 6 heteroatoms. The van der Waals surface area contributed by atoms with Gasteiger partial charge in [-0.3, -0.25) is 10.1 Å². The molecule has 0 amide bonds. The lowest BCUT2D eigenvalue weighted by Gasteiger charge is -2.20. The van der Waals surface area contributed by atoms with Gasteiger partial charge in [-0.1, -0.05) is 11.6 Å². The molecule has 0 atom stereocenters. The highest BCUT2D eigenvalue weighted by molar-refractivity contribution is 6.31. The fourth-order valence-corrected chi connectivity index (χ4v) is 1.95. The van der Waals surface area contributed by atoms with Gasteiger partial charge < -0.3 is 10.2 Å². The van der Waals surface area contributed by atoms with E-state index in [1.165, 1.54) is 12.1 Å². The van der Waals surface area contributed by atoms with Crippen LogP contribution in [0, 0.1) is 10.1 Å². The van der Waals surface area contributed by atoms with Crippen molar-refractivity contribution in [2.45, 2.75) is 32.7 Å². The summed E-state index contributed by atoms with van der Waals surface area (Å²) < 4.78 is 0. The average molecular weight is 300 g/mol.